The van der Waals surface area contributed by atoms with Gasteiger partial charge < -0.3 is 10.6 Å². The first-order valence-electron chi connectivity index (χ1n) is 7.94. The van der Waals surface area contributed by atoms with Crippen molar-refractivity contribution < 1.29 is 9.59 Å². The van der Waals surface area contributed by atoms with Crippen LogP contribution in [0.25, 0.3) is 0 Å². The van der Waals surface area contributed by atoms with Crippen LogP contribution in [0.4, 0.5) is 4.79 Å². The lowest BCUT2D eigenvalue weighted by Gasteiger charge is -2.27. The fourth-order valence-corrected chi connectivity index (χ4v) is 2.50. The molecule has 6 heteroatoms. The van der Waals surface area contributed by atoms with Crippen molar-refractivity contribution in [1.82, 2.24) is 20.9 Å². The molecule has 122 valence electrons. The molecule has 0 saturated carbocycles. The third kappa shape index (κ3) is 8.67. The standard InChI is InChI=1S/C15H30N4O2/c1-12(2)4-9-17-15(21)18-14(20)11-19(3)10-13-5-7-16-8-6-13/h12-13,16H,4-11H2,1-3H3,(H2,17,18,20,21). The van der Waals surface area contributed by atoms with Gasteiger partial charge in [-0.15, -0.1) is 0 Å². The van der Waals surface area contributed by atoms with E-state index in [1.165, 1.54) is 0 Å². The fourth-order valence-electron chi connectivity index (χ4n) is 2.50. The largest absolute Gasteiger partial charge is 0.338 e. The van der Waals surface area contributed by atoms with E-state index in [4.69, 9.17) is 0 Å². The Hall–Kier alpha value is -1.14. The van der Waals surface area contributed by atoms with Crippen molar-refractivity contribution in [3.63, 3.8) is 0 Å². The number of carbonyl (C=O) groups excluding carboxylic acids is 2. The molecule has 0 atom stereocenters. The van der Waals surface area contributed by atoms with Crippen molar-refractivity contribution in [2.24, 2.45) is 11.8 Å². The lowest BCUT2D eigenvalue weighted by atomic mass is 9.98. The zero-order valence-corrected chi connectivity index (χ0v) is 13.6. The zero-order valence-electron chi connectivity index (χ0n) is 13.6. The number of hydrogen-bond acceptors (Lipinski definition) is 4. The number of amides is 3. The molecule has 0 aliphatic carbocycles. The molecule has 1 aliphatic heterocycles. The quantitative estimate of drug-likeness (QED) is 0.650. The molecule has 0 aromatic rings. The van der Waals surface area contributed by atoms with Gasteiger partial charge in [0.15, 0.2) is 0 Å². The normalized spacial score (nSPS) is 16.2. The number of hydrogen-bond donors (Lipinski definition) is 3. The number of likely N-dealkylation sites (N-methyl/N-ethyl adjacent to an activating group) is 1. The van der Waals surface area contributed by atoms with Crippen molar-refractivity contribution in [2.75, 3.05) is 39.8 Å². The molecule has 3 amide bonds. The van der Waals surface area contributed by atoms with E-state index < -0.39 is 6.03 Å². The maximum atomic E-state index is 11.8. The Morgan fingerprint density at radius 2 is 1.95 bits per heavy atom. The first-order chi connectivity index (χ1) is 9.97. The van der Waals surface area contributed by atoms with E-state index >= 15 is 0 Å². The summed E-state index contributed by atoms with van der Waals surface area (Å²) >= 11 is 0. The first kappa shape index (κ1) is 17.9. The third-order valence-corrected chi connectivity index (χ3v) is 3.70. The molecule has 0 spiro atoms. The summed E-state index contributed by atoms with van der Waals surface area (Å²) in [5.74, 6) is 0.939. The molecular formula is C15H30N4O2. The van der Waals surface area contributed by atoms with Crippen molar-refractivity contribution in [2.45, 2.75) is 33.1 Å². The number of nitrogens with one attached hydrogen (secondary N) is 3. The minimum Gasteiger partial charge on any atom is -0.338 e. The Morgan fingerprint density at radius 3 is 2.57 bits per heavy atom. The Kier molecular flexibility index (Phi) is 8.30. The molecule has 0 aromatic heterocycles. The molecule has 0 bridgehead atoms. The average Bonchev–Trinajstić information content (AvgIpc) is 2.38. The summed E-state index contributed by atoms with van der Waals surface area (Å²) in [7, 11) is 1.93. The molecule has 1 saturated heterocycles. The summed E-state index contributed by atoms with van der Waals surface area (Å²) in [5, 5.41) is 8.41. The Morgan fingerprint density at radius 1 is 1.29 bits per heavy atom. The van der Waals surface area contributed by atoms with E-state index in [0.717, 1.165) is 38.9 Å². The number of piperidine rings is 1. The van der Waals surface area contributed by atoms with Crippen LogP contribution in [0.5, 0.6) is 0 Å². The summed E-state index contributed by atoms with van der Waals surface area (Å²) in [6.07, 6.45) is 3.22. The predicted molar refractivity (Wildman–Crippen MR) is 84.1 cm³/mol. The average molecular weight is 298 g/mol. The molecule has 1 fully saturated rings. The molecule has 3 N–H and O–H groups in total. The summed E-state index contributed by atoms with van der Waals surface area (Å²) in [4.78, 5) is 25.3. The second kappa shape index (κ2) is 9.73. The SMILES string of the molecule is CC(C)CCNC(=O)NC(=O)CN(C)CC1CCNCC1. The molecule has 0 unspecified atom stereocenters. The van der Waals surface area contributed by atoms with Crippen LogP contribution in [-0.2, 0) is 4.79 Å². The fraction of sp³-hybridized carbons (Fsp3) is 0.867. The summed E-state index contributed by atoms with van der Waals surface area (Å²) in [6, 6.07) is -0.393. The minimum absolute atomic E-state index is 0.242. The van der Waals surface area contributed by atoms with Gasteiger partial charge in [-0.25, -0.2) is 4.79 Å². The summed E-state index contributed by atoms with van der Waals surface area (Å²) in [5.41, 5.74) is 0. The van der Waals surface area contributed by atoms with Crippen molar-refractivity contribution in [3.8, 4) is 0 Å². The molecule has 1 heterocycles. The van der Waals surface area contributed by atoms with Gasteiger partial charge in [0.05, 0.1) is 6.54 Å². The van der Waals surface area contributed by atoms with Gasteiger partial charge >= 0.3 is 6.03 Å². The van der Waals surface area contributed by atoms with Gasteiger partial charge in [-0.3, -0.25) is 15.0 Å². The molecule has 6 nitrogen and oxygen atoms in total. The van der Waals surface area contributed by atoms with Gasteiger partial charge in [0.1, 0.15) is 0 Å². The second-order valence-corrected chi connectivity index (χ2v) is 6.38. The maximum absolute atomic E-state index is 11.8. The molecule has 0 aromatic carbocycles. The highest BCUT2D eigenvalue weighted by Crippen LogP contribution is 2.12. The number of rotatable bonds is 7. The van der Waals surface area contributed by atoms with Crippen LogP contribution in [0, 0.1) is 11.8 Å². The second-order valence-electron chi connectivity index (χ2n) is 6.38. The van der Waals surface area contributed by atoms with Crippen LogP contribution >= 0.6 is 0 Å². The van der Waals surface area contributed by atoms with Gasteiger partial charge in [-0.1, -0.05) is 13.8 Å². The van der Waals surface area contributed by atoms with E-state index in [0.29, 0.717) is 18.4 Å². The Labute approximate surface area is 128 Å². The van der Waals surface area contributed by atoms with Crippen LogP contribution in [0.3, 0.4) is 0 Å². The molecule has 21 heavy (non-hydrogen) atoms. The topological polar surface area (TPSA) is 73.5 Å². The Bertz CT molecular complexity index is 328. The van der Waals surface area contributed by atoms with Crippen LogP contribution in [0.1, 0.15) is 33.1 Å². The summed E-state index contributed by atoms with van der Waals surface area (Å²) < 4.78 is 0. The van der Waals surface area contributed by atoms with E-state index in [2.05, 4.69) is 29.8 Å². The van der Waals surface area contributed by atoms with E-state index in [1.807, 2.05) is 11.9 Å². The molecular weight excluding hydrogens is 268 g/mol. The van der Waals surface area contributed by atoms with Gasteiger partial charge in [0.2, 0.25) is 5.91 Å². The predicted octanol–water partition coefficient (Wildman–Crippen LogP) is 0.790. The zero-order chi connectivity index (χ0) is 15.7. The van der Waals surface area contributed by atoms with E-state index in [-0.39, 0.29) is 12.5 Å². The van der Waals surface area contributed by atoms with Gasteiger partial charge in [-0.05, 0) is 51.2 Å². The number of urea groups is 1. The van der Waals surface area contributed by atoms with Gasteiger partial charge in [0, 0.05) is 13.1 Å². The molecule has 1 rings (SSSR count). The lowest BCUT2D eigenvalue weighted by molar-refractivity contribution is -0.121. The molecule has 0 radical (unpaired) electrons. The number of carbonyl (C=O) groups is 2. The smallest absolute Gasteiger partial charge is 0.321 e. The highest BCUT2D eigenvalue weighted by atomic mass is 16.2. The van der Waals surface area contributed by atoms with Crippen molar-refractivity contribution in [3.05, 3.63) is 0 Å². The van der Waals surface area contributed by atoms with E-state index in [9.17, 15) is 9.59 Å². The van der Waals surface area contributed by atoms with Crippen LogP contribution in [-0.4, -0.2) is 56.6 Å². The first-order valence-corrected chi connectivity index (χ1v) is 7.94. The van der Waals surface area contributed by atoms with Gasteiger partial charge in [0.25, 0.3) is 0 Å². The maximum Gasteiger partial charge on any atom is 0.321 e. The van der Waals surface area contributed by atoms with Crippen LogP contribution in [0.2, 0.25) is 0 Å². The molecule has 1 aliphatic rings. The summed E-state index contributed by atoms with van der Waals surface area (Å²) in [6.45, 7) is 8.08. The van der Waals surface area contributed by atoms with E-state index in [1.54, 1.807) is 0 Å². The lowest BCUT2D eigenvalue weighted by Crippen LogP contribution is -2.45. The Balaban J connectivity index is 2.15. The number of nitrogens with zero attached hydrogens (tertiary/aromatic N) is 1. The highest BCUT2D eigenvalue weighted by Gasteiger charge is 2.17. The van der Waals surface area contributed by atoms with Crippen molar-refractivity contribution >= 4 is 11.9 Å². The van der Waals surface area contributed by atoms with Crippen molar-refractivity contribution in [1.29, 1.82) is 0 Å². The van der Waals surface area contributed by atoms with Crippen LogP contribution < -0.4 is 16.0 Å². The number of imide groups is 1. The monoisotopic (exact) mass is 298 g/mol. The van der Waals surface area contributed by atoms with Gasteiger partial charge in [-0.2, -0.15) is 0 Å². The van der Waals surface area contributed by atoms with Crippen LogP contribution in [0.15, 0.2) is 0 Å². The third-order valence-electron chi connectivity index (χ3n) is 3.70. The minimum atomic E-state index is -0.393. The highest BCUT2D eigenvalue weighted by molar-refractivity contribution is 5.95.